The van der Waals surface area contributed by atoms with E-state index in [0.717, 1.165) is 45.2 Å². The minimum Gasteiger partial charge on any atom is -0.496 e. The number of aromatic nitrogens is 4. The summed E-state index contributed by atoms with van der Waals surface area (Å²) >= 11 is 0. The molecule has 34 heavy (non-hydrogen) atoms. The lowest BCUT2D eigenvalue weighted by atomic mass is 10.1. The first-order valence-corrected chi connectivity index (χ1v) is 11.0. The van der Waals surface area contributed by atoms with E-state index in [1.165, 1.54) is 5.39 Å². The van der Waals surface area contributed by atoms with Crippen LogP contribution in [0.4, 0.5) is 0 Å². The normalized spacial score (nSPS) is 11.6. The number of rotatable bonds is 8. The molecule has 168 valence electrons. The smallest absolute Gasteiger partial charge is 0.130 e. The molecular formula is C28H24N4O2. The molecule has 0 aliphatic heterocycles. The van der Waals surface area contributed by atoms with Gasteiger partial charge in [-0.2, -0.15) is 5.10 Å². The Balaban J connectivity index is 1.26. The zero-order chi connectivity index (χ0) is 23.2. The Morgan fingerprint density at radius 1 is 0.882 bits per heavy atom. The molecule has 0 radical (unpaired) electrons. The fourth-order valence-electron chi connectivity index (χ4n) is 3.67. The summed E-state index contributed by atoms with van der Waals surface area (Å²) in [6.45, 7) is 0.405. The summed E-state index contributed by atoms with van der Waals surface area (Å²) in [5.74, 6) is 1.46. The van der Waals surface area contributed by atoms with Crippen LogP contribution in [0.25, 0.3) is 35.2 Å². The van der Waals surface area contributed by atoms with Gasteiger partial charge in [0.1, 0.15) is 18.1 Å². The van der Waals surface area contributed by atoms with Crippen molar-refractivity contribution in [1.82, 2.24) is 20.2 Å². The quantitative estimate of drug-likeness (QED) is 0.296. The van der Waals surface area contributed by atoms with E-state index in [0.29, 0.717) is 6.61 Å². The lowest BCUT2D eigenvalue weighted by Gasteiger charge is -2.09. The third-order valence-corrected chi connectivity index (χ3v) is 5.43. The van der Waals surface area contributed by atoms with E-state index in [4.69, 9.17) is 9.47 Å². The Bertz CT molecular complexity index is 1450. The molecule has 0 amide bonds. The largest absolute Gasteiger partial charge is 0.496 e. The number of nitrogens with zero attached hydrogens (tertiary/aromatic N) is 2. The third-order valence-electron chi connectivity index (χ3n) is 5.43. The van der Waals surface area contributed by atoms with Gasteiger partial charge in [-0.25, -0.2) is 0 Å². The average Bonchev–Trinajstić information content (AvgIpc) is 3.52. The fourth-order valence-corrected chi connectivity index (χ4v) is 3.67. The number of H-pyrrole nitrogens is 2. The van der Waals surface area contributed by atoms with Crippen molar-refractivity contribution < 1.29 is 9.47 Å². The molecule has 0 bridgehead atoms. The first kappa shape index (κ1) is 21.3. The number of hydrogen-bond donors (Lipinski definition) is 2. The summed E-state index contributed by atoms with van der Waals surface area (Å²) in [5.41, 5.74) is 5.82. The van der Waals surface area contributed by atoms with Crippen LogP contribution >= 0.6 is 0 Å². The molecule has 3 aromatic heterocycles. The molecule has 0 unspecified atom stereocenters. The molecule has 2 aromatic carbocycles. The molecule has 0 spiro atoms. The lowest BCUT2D eigenvalue weighted by molar-refractivity contribution is 0.299. The van der Waals surface area contributed by atoms with Crippen LogP contribution in [0.1, 0.15) is 28.2 Å². The number of pyridine rings is 1. The Hall–Kier alpha value is -4.58. The van der Waals surface area contributed by atoms with E-state index in [1.54, 1.807) is 13.3 Å². The van der Waals surface area contributed by atoms with Crippen LogP contribution in [-0.4, -0.2) is 27.3 Å². The molecule has 5 rings (SSSR count). The van der Waals surface area contributed by atoms with Gasteiger partial charge in [-0.3, -0.25) is 10.1 Å². The average molecular weight is 449 g/mol. The molecular weight excluding hydrogens is 424 g/mol. The standard InChI is InChI=1S/C28H24N4O2/c1-33-28-17-25(34-19-24-6-4-5-15-29-24)14-11-20(28)9-12-22-16-23(32-31-22)13-10-21-18-30-27-8-3-2-7-26(21)27/h2-18,30H,19H2,1H3,(H,31,32). The van der Waals surface area contributed by atoms with Crippen molar-refractivity contribution in [3.8, 4) is 11.5 Å². The molecule has 6 heteroatoms. The summed E-state index contributed by atoms with van der Waals surface area (Å²) in [5, 5.41) is 8.64. The second-order valence-corrected chi connectivity index (χ2v) is 7.72. The molecule has 0 saturated carbocycles. The van der Waals surface area contributed by atoms with Gasteiger partial charge in [-0.1, -0.05) is 30.3 Å². The number of hydrogen-bond acceptors (Lipinski definition) is 4. The van der Waals surface area contributed by atoms with Gasteiger partial charge in [0.15, 0.2) is 0 Å². The maximum absolute atomic E-state index is 5.85. The van der Waals surface area contributed by atoms with Gasteiger partial charge >= 0.3 is 0 Å². The second-order valence-electron chi connectivity index (χ2n) is 7.72. The fraction of sp³-hybridized carbons (Fsp3) is 0.0714. The van der Waals surface area contributed by atoms with Crippen LogP contribution in [0.3, 0.4) is 0 Å². The number of fused-ring (bicyclic) bond motifs is 1. The van der Waals surface area contributed by atoms with Gasteiger partial charge < -0.3 is 14.5 Å². The summed E-state index contributed by atoms with van der Waals surface area (Å²) in [4.78, 5) is 7.56. The van der Waals surface area contributed by atoms with Gasteiger partial charge in [-0.05, 0) is 60.2 Å². The number of aromatic amines is 2. The Morgan fingerprint density at radius 2 is 1.76 bits per heavy atom. The maximum atomic E-state index is 5.85. The monoisotopic (exact) mass is 448 g/mol. The van der Waals surface area contributed by atoms with Crippen LogP contribution in [0.2, 0.25) is 0 Å². The van der Waals surface area contributed by atoms with Crippen LogP contribution in [0.5, 0.6) is 11.5 Å². The maximum Gasteiger partial charge on any atom is 0.130 e. The summed E-state index contributed by atoms with van der Waals surface area (Å²) in [6, 6.07) is 21.8. The topological polar surface area (TPSA) is 75.8 Å². The van der Waals surface area contributed by atoms with Crippen molar-refractivity contribution in [1.29, 1.82) is 0 Å². The van der Waals surface area contributed by atoms with Crippen molar-refractivity contribution in [2.75, 3.05) is 7.11 Å². The Morgan fingerprint density at radius 3 is 2.65 bits per heavy atom. The van der Waals surface area contributed by atoms with Crippen molar-refractivity contribution in [2.24, 2.45) is 0 Å². The Labute approximate surface area is 197 Å². The summed E-state index contributed by atoms with van der Waals surface area (Å²) in [7, 11) is 1.65. The molecule has 0 aliphatic rings. The van der Waals surface area contributed by atoms with Gasteiger partial charge in [0.2, 0.25) is 0 Å². The number of benzene rings is 2. The highest BCUT2D eigenvalue weighted by Gasteiger charge is 2.05. The van der Waals surface area contributed by atoms with E-state index < -0.39 is 0 Å². The highest BCUT2D eigenvalue weighted by Crippen LogP contribution is 2.27. The van der Waals surface area contributed by atoms with Gasteiger partial charge in [-0.15, -0.1) is 0 Å². The van der Waals surface area contributed by atoms with E-state index in [-0.39, 0.29) is 0 Å². The molecule has 2 N–H and O–H groups in total. The van der Waals surface area contributed by atoms with Crippen LogP contribution in [-0.2, 0) is 6.61 Å². The van der Waals surface area contributed by atoms with Gasteiger partial charge in [0.25, 0.3) is 0 Å². The minimum atomic E-state index is 0.405. The Kier molecular flexibility index (Phi) is 6.21. The number of methoxy groups -OCH3 is 1. The highest BCUT2D eigenvalue weighted by molar-refractivity contribution is 5.91. The van der Waals surface area contributed by atoms with E-state index in [2.05, 4.69) is 38.4 Å². The first-order chi connectivity index (χ1) is 16.8. The van der Waals surface area contributed by atoms with E-state index in [1.807, 2.05) is 79.0 Å². The zero-order valence-electron chi connectivity index (χ0n) is 18.7. The van der Waals surface area contributed by atoms with E-state index in [9.17, 15) is 0 Å². The van der Waals surface area contributed by atoms with Gasteiger partial charge in [0, 0.05) is 34.9 Å². The zero-order valence-corrected chi connectivity index (χ0v) is 18.7. The second kappa shape index (κ2) is 9.92. The molecule has 0 aliphatic carbocycles. The van der Waals surface area contributed by atoms with Crippen LogP contribution in [0, 0.1) is 0 Å². The predicted molar refractivity (Wildman–Crippen MR) is 136 cm³/mol. The van der Waals surface area contributed by atoms with E-state index >= 15 is 0 Å². The van der Waals surface area contributed by atoms with Gasteiger partial charge in [0.05, 0.1) is 24.2 Å². The van der Waals surface area contributed by atoms with Crippen molar-refractivity contribution in [3.63, 3.8) is 0 Å². The predicted octanol–water partition coefficient (Wildman–Crippen LogP) is 6.21. The third kappa shape index (κ3) is 4.91. The lowest BCUT2D eigenvalue weighted by Crippen LogP contribution is -1.98. The molecule has 6 nitrogen and oxygen atoms in total. The van der Waals surface area contributed by atoms with Crippen molar-refractivity contribution in [2.45, 2.75) is 6.61 Å². The molecule has 0 saturated heterocycles. The number of nitrogens with one attached hydrogen (secondary N) is 2. The summed E-state index contributed by atoms with van der Waals surface area (Å²) in [6.07, 6.45) is 11.8. The highest BCUT2D eigenvalue weighted by atomic mass is 16.5. The van der Waals surface area contributed by atoms with Crippen molar-refractivity contribution >= 4 is 35.2 Å². The molecule has 0 fully saturated rings. The molecule has 0 atom stereocenters. The number of para-hydroxylation sites is 1. The molecule has 5 aromatic rings. The van der Waals surface area contributed by atoms with Crippen molar-refractivity contribution in [3.05, 3.63) is 107 Å². The minimum absolute atomic E-state index is 0.405. The molecule has 3 heterocycles. The summed E-state index contributed by atoms with van der Waals surface area (Å²) < 4.78 is 11.4. The first-order valence-electron chi connectivity index (χ1n) is 11.0. The SMILES string of the molecule is COc1cc(OCc2ccccn2)ccc1C=Cc1cc(C=Cc2c[nH]c3ccccc23)n[nH]1. The van der Waals surface area contributed by atoms with Crippen LogP contribution < -0.4 is 9.47 Å². The van der Waals surface area contributed by atoms with Crippen LogP contribution in [0.15, 0.2) is 79.1 Å². The number of ether oxygens (including phenoxy) is 2.